The van der Waals surface area contributed by atoms with Gasteiger partial charge in [0.15, 0.2) is 5.65 Å². The Hall–Kier alpha value is -2.21. The number of aryl methyl sites for hydroxylation is 1. The summed E-state index contributed by atoms with van der Waals surface area (Å²) >= 11 is 1.49. The van der Waals surface area contributed by atoms with Gasteiger partial charge >= 0.3 is 0 Å². The van der Waals surface area contributed by atoms with Crippen LogP contribution in [-0.2, 0) is 13.1 Å². The zero-order chi connectivity index (χ0) is 18.5. The van der Waals surface area contributed by atoms with E-state index in [0.29, 0.717) is 12.5 Å². The quantitative estimate of drug-likeness (QED) is 0.583. The lowest BCUT2D eigenvalue weighted by atomic mass is 10.1. The number of thiophene rings is 1. The van der Waals surface area contributed by atoms with Gasteiger partial charge in [0.1, 0.15) is 11.3 Å². The summed E-state index contributed by atoms with van der Waals surface area (Å²) in [5, 5.41) is 1.95. The lowest BCUT2D eigenvalue weighted by Crippen LogP contribution is -2.32. The molecule has 0 N–H and O–H groups in total. The van der Waals surface area contributed by atoms with Gasteiger partial charge in [-0.3, -0.25) is 4.79 Å². The van der Waals surface area contributed by atoms with Gasteiger partial charge in [0.25, 0.3) is 5.91 Å². The minimum Gasteiger partial charge on any atom is -0.330 e. The van der Waals surface area contributed by atoms with E-state index in [4.69, 9.17) is 4.98 Å². The highest BCUT2D eigenvalue weighted by Crippen LogP contribution is 2.19. The number of hydrogen-bond donors (Lipinski definition) is 0. The molecule has 3 aromatic rings. The minimum absolute atomic E-state index is 0.0868. The van der Waals surface area contributed by atoms with Crippen LogP contribution in [0.15, 0.2) is 35.8 Å². The molecule has 0 radical (unpaired) electrons. The van der Waals surface area contributed by atoms with E-state index < -0.39 is 0 Å². The van der Waals surface area contributed by atoms with Crippen molar-refractivity contribution in [3.05, 3.63) is 46.5 Å². The van der Waals surface area contributed by atoms with Crippen LogP contribution in [0.3, 0.4) is 0 Å². The van der Waals surface area contributed by atoms with Crippen LogP contribution in [0.25, 0.3) is 11.2 Å². The Kier molecular flexibility index (Phi) is 6.04. The molecule has 3 aromatic heterocycles. The molecule has 0 aromatic carbocycles. The summed E-state index contributed by atoms with van der Waals surface area (Å²) < 4.78 is 2.15. The molecule has 0 saturated heterocycles. The van der Waals surface area contributed by atoms with Crippen molar-refractivity contribution in [3.63, 3.8) is 0 Å². The average molecular weight is 371 g/mol. The molecule has 0 bridgehead atoms. The number of carbonyl (C=O) groups is 1. The van der Waals surface area contributed by atoms with Gasteiger partial charge in [-0.2, -0.15) is 0 Å². The Morgan fingerprint density at radius 1 is 1.31 bits per heavy atom. The van der Waals surface area contributed by atoms with Crippen LogP contribution in [0.5, 0.6) is 0 Å². The normalized spacial score (nSPS) is 11.4. The highest BCUT2D eigenvalue weighted by atomic mass is 32.1. The molecule has 0 fully saturated rings. The van der Waals surface area contributed by atoms with Crippen molar-refractivity contribution in [3.8, 4) is 0 Å². The lowest BCUT2D eigenvalue weighted by molar-refractivity contribution is 0.0734. The topological polar surface area (TPSA) is 51.0 Å². The van der Waals surface area contributed by atoms with E-state index in [9.17, 15) is 4.79 Å². The van der Waals surface area contributed by atoms with E-state index in [-0.39, 0.29) is 5.91 Å². The Morgan fingerprint density at radius 2 is 2.15 bits per heavy atom. The summed E-state index contributed by atoms with van der Waals surface area (Å²) in [4.78, 5) is 25.0. The molecule has 138 valence electrons. The van der Waals surface area contributed by atoms with Gasteiger partial charge < -0.3 is 9.47 Å². The van der Waals surface area contributed by atoms with Crippen molar-refractivity contribution in [2.24, 2.45) is 5.92 Å². The summed E-state index contributed by atoms with van der Waals surface area (Å²) in [7, 11) is 0. The maximum atomic E-state index is 13.0. The molecule has 0 saturated carbocycles. The minimum atomic E-state index is 0.0868. The molecule has 0 unspecified atom stereocenters. The van der Waals surface area contributed by atoms with Crippen molar-refractivity contribution in [1.29, 1.82) is 0 Å². The molecular formula is C20H26N4OS. The first-order valence-corrected chi connectivity index (χ1v) is 10.1. The number of pyridine rings is 1. The third-order valence-electron chi connectivity index (χ3n) is 4.36. The second kappa shape index (κ2) is 8.45. The smallest absolute Gasteiger partial charge is 0.264 e. The zero-order valence-electron chi connectivity index (χ0n) is 15.7. The molecule has 5 nitrogen and oxygen atoms in total. The fourth-order valence-electron chi connectivity index (χ4n) is 2.98. The fourth-order valence-corrected chi connectivity index (χ4v) is 3.67. The summed E-state index contributed by atoms with van der Waals surface area (Å²) in [6.07, 6.45) is 3.77. The molecule has 1 amide bonds. The van der Waals surface area contributed by atoms with Gasteiger partial charge in [-0.25, -0.2) is 9.97 Å². The predicted molar refractivity (Wildman–Crippen MR) is 106 cm³/mol. The maximum absolute atomic E-state index is 13.0. The van der Waals surface area contributed by atoms with Gasteiger partial charge in [-0.1, -0.05) is 26.8 Å². The van der Waals surface area contributed by atoms with Gasteiger partial charge in [-0.05, 0) is 42.3 Å². The number of aromatic nitrogens is 3. The Morgan fingerprint density at radius 3 is 2.85 bits per heavy atom. The first-order valence-electron chi connectivity index (χ1n) is 9.23. The molecule has 0 aliphatic heterocycles. The Balaban J connectivity index is 1.91. The monoisotopic (exact) mass is 370 g/mol. The summed E-state index contributed by atoms with van der Waals surface area (Å²) in [6.45, 7) is 8.62. The fraction of sp³-hybridized carbons (Fsp3) is 0.450. The third kappa shape index (κ3) is 4.12. The number of fused-ring (bicyclic) bond motifs is 1. The van der Waals surface area contributed by atoms with E-state index in [1.165, 1.54) is 11.3 Å². The lowest BCUT2D eigenvalue weighted by Gasteiger charge is -2.23. The van der Waals surface area contributed by atoms with Crippen LogP contribution in [-0.4, -0.2) is 31.9 Å². The van der Waals surface area contributed by atoms with Crippen LogP contribution >= 0.6 is 11.3 Å². The molecule has 0 aliphatic rings. The maximum Gasteiger partial charge on any atom is 0.264 e. The van der Waals surface area contributed by atoms with Gasteiger partial charge in [0.2, 0.25) is 0 Å². The largest absolute Gasteiger partial charge is 0.330 e. The third-order valence-corrected chi connectivity index (χ3v) is 5.22. The molecule has 0 spiro atoms. The Labute approximate surface area is 158 Å². The standard InChI is InChI=1S/C20H26N4OS/c1-4-11-24-18(22-16-7-5-10-21-19(16)24)14-23(12-9-15(2)3)20(25)17-8-6-13-26-17/h5-8,10,13,15H,4,9,11-12,14H2,1-3H3. The number of hydrogen-bond acceptors (Lipinski definition) is 4. The summed E-state index contributed by atoms with van der Waals surface area (Å²) in [5.74, 6) is 1.54. The number of amides is 1. The molecule has 26 heavy (non-hydrogen) atoms. The van der Waals surface area contributed by atoms with Crippen LogP contribution in [0.2, 0.25) is 0 Å². The highest BCUT2D eigenvalue weighted by molar-refractivity contribution is 7.12. The van der Waals surface area contributed by atoms with E-state index >= 15 is 0 Å². The van der Waals surface area contributed by atoms with Crippen molar-refractivity contribution < 1.29 is 4.79 Å². The first kappa shape index (κ1) is 18.6. The van der Waals surface area contributed by atoms with E-state index in [1.807, 2.05) is 34.5 Å². The second-order valence-corrected chi connectivity index (χ2v) is 7.86. The second-order valence-electron chi connectivity index (χ2n) is 6.91. The van der Waals surface area contributed by atoms with Crippen LogP contribution in [0.1, 0.15) is 49.1 Å². The van der Waals surface area contributed by atoms with Gasteiger partial charge in [-0.15, -0.1) is 11.3 Å². The predicted octanol–water partition coefficient (Wildman–Crippen LogP) is 4.59. The van der Waals surface area contributed by atoms with E-state index in [2.05, 4.69) is 30.3 Å². The van der Waals surface area contributed by atoms with Gasteiger partial charge in [0, 0.05) is 19.3 Å². The highest BCUT2D eigenvalue weighted by Gasteiger charge is 2.21. The molecular weight excluding hydrogens is 344 g/mol. The zero-order valence-corrected chi connectivity index (χ0v) is 16.5. The summed E-state index contributed by atoms with van der Waals surface area (Å²) in [5.41, 5.74) is 1.79. The SMILES string of the molecule is CCCn1c(CN(CCC(C)C)C(=O)c2cccs2)nc2cccnc21. The molecule has 0 atom stereocenters. The van der Waals surface area contributed by atoms with Crippen molar-refractivity contribution in [2.45, 2.75) is 46.7 Å². The van der Waals surface area contributed by atoms with E-state index in [0.717, 1.165) is 47.8 Å². The van der Waals surface area contributed by atoms with Crippen molar-refractivity contribution in [1.82, 2.24) is 19.4 Å². The molecule has 0 aliphatic carbocycles. The van der Waals surface area contributed by atoms with Crippen molar-refractivity contribution >= 4 is 28.4 Å². The van der Waals surface area contributed by atoms with Crippen LogP contribution in [0.4, 0.5) is 0 Å². The van der Waals surface area contributed by atoms with Gasteiger partial charge in [0.05, 0.1) is 11.4 Å². The first-order chi connectivity index (χ1) is 12.6. The summed E-state index contributed by atoms with van der Waals surface area (Å²) in [6, 6.07) is 7.71. The van der Waals surface area contributed by atoms with Crippen LogP contribution in [0, 0.1) is 5.92 Å². The number of rotatable bonds is 8. The number of nitrogens with zero attached hydrogens (tertiary/aromatic N) is 4. The Bertz CT molecular complexity index is 854. The molecule has 3 heterocycles. The number of carbonyl (C=O) groups excluding carboxylic acids is 1. The molecule has 3 rings (SSSR count). The van der Waals surface area contributed by atoms with Crippen molar-refractivity contribution in [2.75, 3.05) is 6.54 Å². The molecule has 6 heteroatoms. The van der Waals surface area contributed by atoms with Crippen LogP contribution < -0.4 is 0 Å². The average Bonchev–Trinajstić information content (AvgIpc) is 3.27. The number of imidazole rings is 1. The van der Waals surface area contributed by atoms with E-state index in [1.54, 1.807) is 6.20 Å².